The Hall–Kier alpha value is -1.34. The summed E-state index contributed by atoms with van der Waals surface area (Å²) in [5.41, 5.74) is -0.433. The maximum absolute atomic E-state index is 13.2. The third kappa shape index (κ3) is 4.15. The van der Waals surface area contributed by atoms with Crippen molar-refractivity contribution in [2.24, 2.45) is 0 Å². The molecule has 0 spiro atoms. The van der Waals surface area contributed by atoms with Crippen molar-refractivity contribution in [3.63, 3.8) is 0 Å². The van der Waals surface area contributed by atoms with Gasteiger partial charge in [0.2, 0.25) is 0 Å². The Kier molecular flexibility index (Phi) is 4.92. The summed E-state index contributed by atoms with van der Waals surface area (Å²) in [6.45, 7) is -0.0402. The fourth-order valence-electron chi connectivity index (χ4n) is 1.28. The van der Waals surface area contributed by atoms with Gasteiger partial charge < -0.3 is 4.74 Å². The van der Waals surface area contributed by atoms with Crippen LogP contribution in [0.5, 0.6) is 0 Å². The zero-order valence-corrected chi connectivity index (χ0v) is 10.5. The van der Waals surface area contributed by atoms with Gasteiger partial charge in [0.15, 0.2) is 15.6 Å². The van der Waals surface area contributed by atoms with Crippen LogP contribution in [0.2, 0.25) is 0 Å². The molecular formula is C11H12F2O4S. The van der Waals surface area contributed by atoms with E-state index in [9.17, 15) is 22.0 Å². The van der Waals surface area contributed by atoms with Crippen molar-refractivity contribution in [1.29, 1.82) is 0 Å². The van der Waals surface area contributed by atoms with E-state index in [1.165, 1.54) is 7.11 Å². The van der Waals surface area contributed by atoms with E-state index in [0.29, 0.717) is 6.07 Å². The fraction of sp³-hybridized carbons (Fsp3) is 0.364. The molecule has 0 saturated carbocycles. The number of benzene rings is 1. The van der Waals surface area contributed by atoms with Gasteiger partial charge >= 0.3 is 0 Å². The number of rotatable bonds is 6. The summed E-state index contributed by atoms with van der Waals surface area (Å²) in [6.07, 6.45) is 0. The largest absolute Gasteiger partial charge is 0.384 e. The summed E-state index contributed by atoms with van der Waals surface area (Å²) >= 11 is 0. The van der Waals surface area contributed by atoms with Crippen molar-refractivity contribution >= 4 is 15.6 Å². The highest BCUT2D eigenvalue weighted by Gasteiger charge is 2.20. The first-order valence-electron chi connectivity index (χ1n) is 5.03. The lowest BCUT2D eigenvalue weighted by atomic mass is 10.1. The second-order valence-electron chi connectivity index (χ2n) is 3.63. The highest BCUT2D eigenvalue weighted by atomic mass is 32.2. The van der Waals surface area contributed by atoms with E-state index in [4.69, 9.17) is 0 Å². The Balaban J connectivity index is 2.83. The minimum absolute atomic E-state index is 0.0402. The van der Waals surface area contributed by atoms with Gasteiger partial charge in [-0.1, -0.05) is 0 Å². The van der Waals surface area contributed by atoms with Gasteiger partial charge in [0, 0.05) is 13.2 Å². The molecule has 0 saturated heterocycles. The van der Waals surface area contributed by atoms with Crippen LogP contribution in [-0.4, -0.2) is 39.4 Å². The normalized spacial score (nSPS) is 11.5. The summed E-state index contributed by atoms with van der Waals surface area (Å²) in [7, 11) is -2.32. The van der Waals surface area contributed by atoms with Crippen molar-refractivity contribution in [3.05, 3.63) is 35.4 Å². The van der Waals surface area contributed by atoms with Gasteiger partial charge in [-0.15, -0.1) is 0 Å². The maximum atomic E-state index is 13.2. The molecule has 100 valence electrons. The molecule has 0 radical (unpaired) electrons. The number of methoxy groups -OCH3 is 1. The van der Waals surface area contributed by atoms with E-state index >= 15 is 0 Å². The van der Waals surface area contributed by atoms with Crippen LogP contribution in [0, 0.1) is 11.6 Å². The molecule has 0 fully saturated rings. The smallest absolute Gasteiger partial charge is 0.180 e. The first-order valence-corrected chi connectivity index (χ1v) is 6.85. The van der Waals surface area contributed by atoms with E-state index in [-0.39, 0.29) is 12.4 Å². The Morgan fingerprint density at radius 3 is 2.56 bits per heavy atom. The van der Waals surface area contributed by atoms with Crippen LogP contribution in [0.3, 0.4) is 0 Å². The number of sulfone groups is 1. The van der Waals surface area contributed by atoms with Crippen LogP contribution in [0.1, 0.15) is 10.4 Å². The molecule has 0 aliphatic heterocycles. The molecule has 0 bridgehead atoms. The number of ketones is 1. The molecule has 0 unspecified atom stereocenters. The monoisotopic (exact) mass is 278 g/mol. The van der Waals surface area contributed by atoms with Crippen LogP contribution in [0.4, 0.5) is 8.78 Å². The molecule has 4 nitrogen and oxygen atoms in total. The second kappa shape index (κ2) is 6.01. The quantitative estimate of drug-likeness (QED) is 0.734. The number of carbonyl (C=O) groups excluding carboxylic acids is 1. The number of carbonyl (C=O) groups is 1. The third-order valence-corrected chi connectivity index (χ3v) is 3.67. The molecular weight excluding hydrogens is 266 g/mol. The SMILES string of the molecule is COCCS(=O)(=O)CC(=O)c1ccc(F)cc1F. The molecule has 18 heavy (non-hydrogen) atoms. The van der Waals surface area contributed by atoms with E-state index in [1.807, 2.05) is 0 Å². The van der Waals surface area contributed by atoms with Crippen LogP contribution >= 0.6 is 0 Å². The molecule has 7 heteroatoms. The predicted octanol–water partition coefficient (Wildman–Crippen LogP) is 1.21. The maximum Gasteiger partial charge on any atom is 0.180 e. The molecule has 1 rings (SSSR count). The molecule has 1 aromatic carbocycles. The van der Waals surface area contributed by atoms with Crippen molar-refractivity contribution in [3.8, 4) is 0 Å². The average molecular weight is 278 g/mol. The Morgan fingerprint density at radius 2 is 2.00 bits per heavy atom. The lowest BCUT2D eigenvalue weighted by Crippen LogP contribution is -2.22. The molecule has 0 amide bonds. The lowest BCUT2D eigenvalue weighted by Gasteiger charge is -2.04. The zero-order valence-electron chi connectivity index (χ0n) is 9.65. The molecule has 0 aromatic heterocycles. The number of Topliss-reactive ketones (excluding diaryl/α,β-unsaturated/α-hetero) is 1. The van der Waals surface area contributed by atoms with Gasteiger partial charge in [-0.2, -0.15) is 0 Å². The van der Waals surface area contributed by atoms with Gasteiger partial charge in [0.25, 0.3) is 0 Å². The first kappa shape index (κ1) is 14.7. The van der Waals surface area contributed by atoms with Gasteiger partial charge in [0.05, 0.1) is 17.9 Å². The Morgan fingerprint density at radius 1 is 1.33 bits per heavy atom. The third-order valence-electron chi connectivity index (χ3n) is 2.18. The molecule has 0 heterocycles. The fourth-order valence-corrected chi connectivity index (χ4v) is 2.40. The van der Waals surface area contributed by atoms with Crippen molar-refractivity contribution in [1.82, 2.24) is 0 Å². The van der Waals surface area contributed by atoms with E-state index in [0.717, 1.165) is 12.1 Å². The van der Waals surface area contributed by atoms with E-state index in [2.05, 4.69) is 4.74 Å². The zero-order chi connectivity index (χ0) is 13.8. The number of hydrogen-bond acceptors (Lipinski definition) is 4. The molecule has 1 aromatic rings. The Bertz CT molecular complexity index is 540. The summed E-state index contributed by atoms with van der Waals surface area (Å²) in [4.78, 5) is 11.6. The summed E-state index contributed by atoms with van der Waals surface area (Å²) in [5.74, 6) is -3.94. The topological polar surface area (TPSA) is 60.4 Å². The van der Waals surface area contributed by atoms with Crippen LogP contribution in [0.25, 0.3) is 0 Å². The van der Waals surface area contributed by atoms with E-state index < -0.39 is 38.6 Å². The standard InChI is InChI=1S/C11H12F2O4S/c1-17-4-5-18(15,16)7-11(14)9-3-2-8(12)6-10(9)13/h2-3,6H,4-5,7H2,1H3. The average Bonchev–Trinajstić information content (AvgIpc) is 2.25. The molecule has 0 aliphatic carbocycles. The summed E-state index contributed by atoms with van der Waals surface area (Å²) in [5, 5.41) is 0. The van der Waals surface area contributed by atoms with Gasteiger partial charge in [-0.25, -0.2) is 17.2 Å². The van der Waals surface area contributed by atoms with E-state index in [1.54, 1.807) is 0 Å². The number of ether oxygens (including phenoxy) is 1. The highest BCUT2D eigenvalue weighted by molar-refractivity contribution is 7.92. The van der Waals surface area contributed by atoms with Crippen LogP contribution < -0.4 is 0 Å². The van der Waals surface area contributed by atoms with Gasteiger partial charge in [-0.05, 0) is 12.1 Å². The van der Waals surface area contributed by atoms with Gasteiger partial charge in [0.1, 0.15) is 17.4 Å². The number of hydrogen-bond donors (Lipinski definition) is 0. The van der Waals surface area contributed by atoms with Gasteiger partial charge in [-0.3, -0.25) is 4.79 Å². The molecule has 0 aliphatic rings. The van der Waals surface area contributed by atoms with Crippen molar-refractivity contribution in [2.45, 2.75) is 0 Å². The first-order chi connectivity index (χ1) is 8.35. The minimum Gasteiger partial charge on any atom is -0.384 e. The minimum atomic E-state index is -3.65. The Labute approximate surface area is 103 Å². The summed E-state index contributed by atoms with van der Waals surface area (Å²) in [6, 6.07) is 2.37. The number of halogens is 2. The van der Waals surface area contributed by atoms with Crippen LogP contribution in [0.15, 0.2) is 18.2 Å². The second-order valence-corrected chi connectivity index (χ2v) is 5.82. The van der Waals surface area contributed by atoms with Crippen LogP contribution in [-0.2, 0) is 14.6 Å². The van der Waals surface area contributed by atoms with Crippen molar-refractivity contribution in [2.75, 3.05) is 25.2 Å². The molecule has 0 atom stereocenters. The lowest BCUT2D eigenvalue weighted by molar-refractivity contribution is 0.101. The highest BCUT2D eigenvalue weighted by Crippen LogP contribution is 2.11. The predicted molar refractivity (Wildman–Crippen MR) is 61.2 cm³/mol. The van der Waals surface area contributed by atoms with Crippen molar-refractivity contribution < 1.29 is 26.7 Å². The summed E-state index contributed by atoms with van der Waals surface area (Å²) < 4.78 is 53.4. The molecule has 0 N–H and O–H groups in total.